The molecule has 0 saturated carbocycles. The zero-order chi connectivity index (χ0) is 37.4. The van der Waals surface area contributed by atoms with Crippen molar-refractivity contribution in [1.82, 2.24) is 10.4 Å². The van der Waals surface area contributed by atoms with Crippen molar-refractivity contribution >= 4 is 29.0 Å². The molecule has 6 heteroatoms. The summed E-state index contributed by atoms with van der Waals surface area (Å²) in [7, 11) is -3.01. The molecule has 1 aliphatic rings. The molecule has 5 nitrogen and oxygen atoms in total. The lowest BCUT2D eigenvalue weighted by Gasteiger charge is -2.51. The van der Waals surface area contributed by atoms with Crippen LogP contribution in [-0.2, 0) is 9.36 Å². The Balaban J connectivity index is 1.23. The summed E-state index contributed by atoms with van der Waals surface area (Å²) < 4.78 is 14.9. The van der Waals surface area contributed by atoms with Gasteiger partial charge in [-0.15, -0.1) is 0 Å². The molecule has 5 rings (SSSR count). The van der Waals surface area contributed by atoms with E-state index in [4.69, 9.17) is 0 Å². The molecule has 0 radical (unpaired) electrons. The van der Waals surface area contributed by atoms with E-state index in [-0.39, 0.29) is 17.9 Å². The third kappa shape index (κ3) is 9.42. The van der Waals surface area contributed by atoms with Gasteiger partial charge in [0.1, 0.15) is 0 Å². The summed E-state index contributed by atoms with van der Waals surface area (Å²) in [6.45, 7) is 12.4. The zero-order valence-electron chi connectivity index (χ0n) is 32.0. The molecule has 3 atom stereocenters. The first kappa shape index (κ1) is 39.4. The highest BCUT2D eigenvalue weighted by atomic mass is 31.2. The van der Waals surface area contributed by atoms with Gasteiger partial charge in [-0.05, 0) is 95.6 Å². The second-order valence-electron chi connectivity index (χ2n) is 16.1. The maximum Gasteiger partial charge on any atom is 0.223 e. The molecule has 0 bridgehead atoms. The highest BCUT2D eigenvalue weighted by molar-refractivity contribution is 7.85. The van der Waals surface area contributed by atoms with Gasteiger partial charge in [0.2, 0.25) is 5.91 Å². The van der Waals surface area contributed by atoms with Gasteiger partial charge in [-0.2, -0.15) is 5.06 Å². The van der Waals surface area contributed by atoms with Crippen LogP contribution in [0.15, 0.2) is 127 Å². The normalized spacial score (nSPS) is 18.1. The minimum absolute atomic E-state index is 0.0467. The van der Waals surface area contributed by atoms with Crippen molar-refractivity contribution in [1.29, 1.82) is 0 Å². The predicted molar refractivity (Wildman–Crippen MR) is 218 cm³/mol. The fourth-order valence-corrected chi connectivity index (χ4v) is 10.9. The van der Waals surface area contributed by atoms with Gasteiger partial charge in [0.25, 0.3) is 0 Å². The van der Waals surface area contributed by atoms with E-state index in [9.17, 15) is 14.6 Å². The van der Waals surface area contributed by atoms with Crippen molar-refractivity contribution in [3.05, 3.63) is 139 Å². The van der Waals surface area contributed by atoms with E-state index < -0.39 is 18.2 Å². The van der Waals surface area contributed by atoms with E-state index in [1.54, 1.807) is 0 Å². The lowest BCUT2D eigenvalue weighted by atomic mass is 9.79. The molecule has 1 aliphatic heterocycles. The van der Waals surface area contributed by atoms with Crippen molar-refractivity contribution in [2.24, 2.45) is 5.92 Å². The molecule has 52 heavy (non-hydrogen) atoms. The number of piperidine rings is 1. The summed E-state index contributed by atoms with van der Waals surface area (Å²) in [6, 6.07) is 39.1. The first-order chi connectivity index (χ1) is 24.8. The smallest absolute Gasteiger partial charge is 0.223 e. The molecule has 0 spiro atoms. The first-order valence-electron chi connectivity index (χ1n) is 19.2. The lowest BCUT2D eigenvalue weighted by molar-refractivity contribution is -0.246. The third-order valence-electron chi connectivity index (χ3n) is 11.1. The molecule has 276 valence electrons. The number of hydrogen-bond donors (Lipinski definition) is 2. The van der Waals surface area contributed by atoms with Crippen molar-refractivity contribution in [3.8, 4) is 0 Å². The molecule has 1 amide bonds. The quantitative estimate of drug-likeness (QED) is 0.0949. The number of benzene rings is 4. The summed E-state index contributed by atoms with van der Waals surface area (Å²) in [4.78, 5) is 13.2. The van der Waals surface area contributed by atoms with Crippen molar-refractivity contribution in [2.75, 3.05) is 0 Å². The first-order valence-corrected chi connectivity index (χ1v) is 20.9. The van der Waals surface area contributed by atoms with Crippen molar-refractivity contribution in [2.45, 2.75) is 115 Å². The Morgan fingerprint density at radius 2 is 1.25 bits per heavy atom. The lowest BCUT2D eigenvalue weighted by Crippen LogP contribution is -2.63. The van der Waals surface area contributed by atoms with Crippen LogP contribution in [0.5, 0.6) is 0 Å². The van der Waals surface area contributed by atoms with Gasteiger partial charge in [0, 0.05) is 39.0 Å². The Kier molecular flexibility index (Phi) is 13.2. The second-order valence-corrected chi connectivity index (χ2v) is 18.8. The number of amides is 1. The maximum atomic E-state index is 14.9. The largest absolute Gasteiger partial charge is 0.353 e. The minimum Gasteiger partial charge on any atom is -0.353 e. The fraction of sp³-hybridized carbons (Fsp3) is 0.413. The van der Waals surface area contributed by atoms with Crippen molar-refractivity contribution in [3.63, 3.8) is 0 Å². The van der Waals surface area contributed by atoms with Crippen LogP contribution < -0.4 is 21.2 Å². The molecule has 1 saturated heterocycles. The van der Waals surface area contributed by atoms with Crippen LogP contribution in [0.25, 0.3) is 0 Å². The Morgan fingerprint density at radius 3 is 1.77 bits per heavy atom. The predicted octanol–water partition coefficient (Wildman–Crippen LogP) is 9.88. The summed E-state index contributed by atoms with van der Waals surface area (Å²) in [5, 5.41) is 17.9. The second kappa shape index (κ2) is 17.4. The van der Waals surface area contributed by atoms with Crippen LogP contribution in [0.2, 0.25) is 0 Å². The number of nitrogens with one attached hydrogen (secondary N) is 1. The van der Waals surface area contributed by atoms with E-state index in [0.717, 1.165) is 60.9 Å². The summed E-state index contributed by atoms with van der Waals surface area (Å²) in [5.74, 6) is 0.724. The summed E-state index contributed by atoms with van der Waals surface area (Å²) in [5.41, 5.74) is 1.83. The van der Waals surface area contributed by atoms with Gasteiger partial charge in [-0.1, -0.05) is 141 Å². The minimum atomic E-state index is -3.01. The Bertz CT molecular complexity index is 1730. The monoisotopic (exact) mass is 718 g/mol. The van der Waals surface area contributed by atoms with Gasteiger partial charge in [0.05, 0.1) is 0 Å². The molecule has 4 aromatic rings. The van der Waals surface area contributed by atoms with Crippen LogP contribution in [0, 0.1) is 5.92 Å². The Hall–Kier alpha value is -3.76. The highest BCUT2D eigenvalue weighted by Crippen LogP contribution is 2.43. The average molecular weight is 719 g/mol. The number of rotatable bonds is 15. The van der Waals surface area contributed by atoms with Crippen molar-refractivity contribution < 1.29 is 14.6 Å². The van der Waals surface area contributed by atoms with Gasteiger partial charge >= 0.3 is 0 Å². The van der Waals surface area contributed by atoms with Gasteiger partial charge in [-0.25, -0.2) is 0 Å². The number of carbonyl (C=O) groups excluding carboxylic acids is 1. The fourth-order valence-electron chi connectivity index (χ4n) is 8.23. The highest BCUT2D eigenvalue weighted by Gasteiger charge is 2.45. The van der Waals surface area contributed by atoms with E-state index in [2.05, 4.69) is 79.0 Å². The Morgan fingerprint density at radius 1 is 0.769 bits per heavy atom. The molecule has 0 aromatic heterocycles. The third-order valence-corrected chi connectivity index (χ3v) is 14.2. The van der Waals surface area contributed by atoms with Gasteiger partial charge in [0.15, 0.2) is 7.14 Å². The molecule has 3 unspecified atom stereocenters. The van der Waals surface area contributed by atoms with E-state index in [0.29, 0.717) is 11.8 Å². The number of nitrogens with zero attached hydrogens (tertiary/aromatic N) is 1. The van der Waals surface area contributed by atoms with E-state index in [1.807, 2.05) is 95.3 Å². The van der Waals surface area contributed by atoms with Crippen LogP contribution in [0.1, 0.15) is 109 Å². The zero-order valence-corrected chi connectivity index (χ0v) is 32.9. The molecule has 1 heterocycles. The van der Waals surface area contributed by atoms with Crippen LogP contribution >= 0.6 is 7.14 Å². The Labute approximate surface area is 312 Å². The summed E-state index contributed by atoms with van der Waals surface area (Å²) in [6.07, 6.45) is 10.6. The van der Waals surface area contributed by atoms with Gasteiger partial charge in [-0.3, -0.25) is 4.79 Å². The van der Waals surface area contributed by atoms with Crippen LogP contribution in [0.4, 0.5) is 0 Å². The number of hydrogen-bond acceptors (Lipinski definition) is 4. The molecular formula is C46H59N2O3P. The molecule has 0 aliphatic carbocycles. The van der Waals surface area contributed by atoms with Gasteiger partial charge < -0.3 is 15.1 Å². The van der Waals surface area contributed by atoms with E-state index >= 15 is 0 Å². The maximum absolute atomic E-state index is 14.9. The molecule has 4 aromatic carbocycles. The standard InChI is InChI=1S/C46H59N2O3P/c1-7-36(38-28-30-43(31-29-38)52(51,41-24-16-10-17-25-41)42-26-18-11-19-27-42)32-39(37-21-13-9-14-22-37)23-15-8-12-20-35(2)44(49)47-40-33-45(3,4)48(50)46(5,6)34-40/h8-11,13-19,21-22,24-31,35-36,39-40,50H,7,12,20,23,32-34H2,1-6H3,(H,47,49)/b15-8+. The topological polar surface area (TPSA) is 69.6 Å². The van der Waals surface area contributed by atoms with E-state index in [1.165, 1.54) is 16.2 Å². The van der Waals surface area contributed by atoms with Crippen LogP contribution in [0.3, 0.4) is 0 Å². The summed E-state index contributed by atoms with van der Waals surface area (Å²) >= 11 is 0. The SMILES string of the molecule is CCC(CC(C/C=C/CCC(C)C(=O)NC1CC(C)(C)N(O)C(C)(C)C1)c1ccccc1)c1ccc(P(=O)(c2ccccc2)c2ccccc2)cc1. The number of carbonyl (C=O) groups is 1. The molecular weight excluding hydrogens is 659 g/mol. The molecule has 2 N–H and O–H groups in total. The molecule has 1 fully saturated rings. The van der Waals surface area contributed by atoms with Crippen LogP contribution in [-0.4, -0.2) is 33.3 Å². The number of hydroxylamine groups is 2. The number of allylic oxidation sites excluding steroid dienone is 2. The average Bonchev–Trinajstić information content (AvgIpc) is 3.15.